The maximum Gasteiger partial charge on any atom is 0.255 e. The van der Waals surface area contributed by atoms with Gasteiger partial charge in [-0.05, 0) is 32.9 Å². The third-order valence-corrected chi connectivity index (χ3v) is 4.02. The van der Waals surface area contributed by atoms with Crippen LogP contribution in [0.5, 0.6) is 0 Å². The van der Waals surface area contributed by atoms with Gasteiger partial charge in [-0.25, -0.2) is 0 Å². The van der Waals surface area contributed by atoms with Gasteiger partial charge in [0, 0.05) is 18.7 Å². The Kier molecular flexibility index (Phi) is 3.28. The maximum absolute atomic E-state index is 6.13. The van der Waals surface area contributed by atoms with Crippen LogP contribution in [0.25, 0.3) is 5.78 Å². The second kappa shape index (κ2) is 4.94. The predicted molar refractivity (Wildman–Crippen MR) is 74.6 cm³/mol. The van der Waals surface area contributed by atoms with Gasteiger partial charge in [-0.3, -0.25) is 0 Å². The van der Waals surface area contributed by atoms with Gasteiger partial charge in [-0.2, -0.15) is 19.6 Å². The van der Waals surface area contributed by atoms with E-state index in [0.717, 1.165) is 24.5 Å². The SMILES string of the molecule is Cc1c(Cl)nc2ncnn2c1NCC1CCN(C)C1. The first-order valence-electron chi connectivity index (χ1n) is 6.43. The fourth-order valence-corrected chi connectivity index (χ4v) is 2.70. The minimum Gasteiger partial charge on any atom is -0.369 e. The Morgan fingerprint density at radius 1 is 1.53 bits per heavy atom. The number of aromatic nitrogens is 4. The van der Waals surface area contributed by atoms with Gasteiger partial charge in [0.2, 0.25) is 0 Å². The van der Waals surface area contributed by atoms with Gasteiger partial charge >= 0.3 is 0 Å². The molecule has 0 aliphatic carbocycles. The highest BCUT2D eigenvalue weighted by molar-refractivity contribution is 6.30. The molecule has 1 saturated heterocycles. The second-order valence-electron chi connectivity index (χ2n) is 5.15. The molecular weight excluding hydrogens is 264 g/mol. The summed E-state index contributed by atoms with van der Waals surface area (Å²) in [6.07, 6.45) is 2.72. The van der Waals surface area contributed by atoms with Gasteiger partial charge < -0.3 is 10.2 Å². The summed E-state index contributed by atoms with van der Waals surface area (Å²) < 4.78 is 1.71. The van der Waals surface area contributed by atoms with E-state index < -0.39 is 0 Å². The standard InChI is InChI=1S/C12H17ClN6/c1-8-10(13)17-12-15-7-16-19(12)11(8)14-5-9-3-4-18(2)6-9/h7,9,14H,3-6H2,1-2H3. The van der Waals surface area contributed by atoms with Crippen molar-refractivity contribution in [3.05, 3.63) is 17.0 Å². The fourth-order valence-electron chi connectivity index (χ4n) is 2.54. The number of hydrogen-bond donors (Lipinski definition) is 1. The van der Waals surface area contributed by atoms with Crippen LogP contribution in [0.4, 0.5) is 5.82 Å². The molecule has 0 spiro atoms. The van der Waals surface area contributed by atoms with E-state index in [-0.39, 0.29) is 0 Å². The number of nitrogens with zero attached hydrogens (tertiary/aromatic N) is 5. The van der Waals surface area contributed by atoms with Crippen molar-refractivity contribution in [1.29, 1.82) is 0 Å². The highest BCUT2D eigenvalue weighted by atomic mass is 35.5. The van der Waals surface area contributed by atoms with E-state index in [1.807, 2.05) is 6.92 Å². The third kappa shape index (κ3) is 2.37. The van der Waals surface area contributed by atoms with Crippen LogP contribution in [0, 0.1) is 12.8 Å². The Bertz CT molecular complexity index is 595. The van der Waals surface area contributed by atoms with Gasteiger partial charge in [0.15, 0.2) is 0 Å². The lowest BCUT2D eigenvalue weighted by Crippen LogP contribution is -2.20. The molecule has 2 aromatic rings. The first-order chi connectivity index (χ1) is 9.15. The highest BCUT2D eigenvalue weighted by Crippen LogP contribution is 2.23. The fraction of sp³-hybridized carbons (Fsp3) is 0.583. The molecule has 1 atom stereocenters. The van der Waals surface area contributed by atoms with Crippen molar-refractivity contribution < 1.29 is 0 Å². The van der Waals surface area contributed by atoms with E-state index in [0.29, 0.717) is 16.8 Å². The van der Waals surface area contributed by atoms with Crippen molar-refractivity contribution in [2.45, 2.75) is 13.3 Å². The molecule has 2 aromatic heterocycles. The zero-order chi connectivity index (χ0) is 13.4. The van der Waals surface area contributed by atoms with Crippen molar-refractivity contribution >= 4 is 23.2 Å². The number of hydrogen-bond acceptors (Lipinski definition) is 5. The minimum absolute atomic E-state index is 0.478. The topological polar surface area (TPSA) is 58.4 Å². The molecule has 3 heterocycles. The summed E-state index contributed by atoms with van der Waals surface area (Å²) in [6, 6.07) is 0. The third-order valence-electron chi connectivity index (χ3n) is 3.65. The summed E-state index contributed by atoms with van der Waals surface area (Å²) in [6.45, 7) is 5.16. The van der Waals surface area contributed by atoms with Crippen molar-refractivity contribution in [2.75, 3.05) is 32.0 Å². The summed E-state index contributed by atoms with van der Waals surface area (Å²) in [4.78, 5) is 10.6. The van der Waals surface area contributed by atoms with Crippen LogP contribution in [0.15, 0.2) is 6.33 Å². The Hall–Kier alpha value is -1.40. The van der Waals surface area contributed by atoms with E-state index in [2.05, 4.69) is 32.3 Å². The number of nitrogens with one attached hydrogen (secondary N) is 1. The van der Waals surface area contributed by atoms with Gasteiger partial charge in [-0.15, -0.1) is 0 Å². The molecule has 0 bridgehead atoms. The second-order valence-corrected chi connectivity index (χ2v) is 5.50. The van der Waals surface area contributed by atoms with Crippen LogP contribution in [-0.4, -0.2) is 51.2 Å². The average molecular weight is 281 g/mol. The number of halogens is 1. The molecular formula is C12H17ClN6. The smallest absolute Gasteiger partial charge is 0.255 e. The van der Waals surface area contributed by atoms with Gasteiger partial charge in [-0.1, -0.05) is 11.6 Å². The largest absolute Gasteiger partial charge is 0.369 e. The van der Waals surface area contributed by atoms with Crippen LogP contribution in [0.3, 0.4) is 0 Å². The molecule has 19 heavy (non-hydrogen) atoms. The zero-order valence-corrected chi connectivity index (χ0v) is 11.9. The molecule has 1 unspecified atom stereocenters. The molecule has 0 saturated carbocycles. The minimum atomic E-state index is 0.478. The number of likely N-dealkylation sites (tertiary alicyclic amines) is 1. The van der Waals surface area contributed by atoms with Crippen LogP contribution in [0.2, 0.25) is 5.15 Å². The molecule has 6 nitrogen and oxygen atoms in total. The van der Waals surface area contributed by atoms with E-state index in [1.54, 1.807) is 4.52 Å². The van der Waals surface area contributed by atoms with Crippen LogP contribution >= 0.6 is 11.6 Å². The van der Waals surface area contributed by atoms with Gasteiger partial charge in [0.1, 0.15) is 17.3 Å². The van der Waals surface area contributed by atoms with E-state index in [4.69, 9.17) is 11.6 Å². The number of anilines is 1. The van der Waals surface area contributed by atoms with E-state index >= 15 is 0 Å². The molecule has 1 aliphatic heterocycles. The lowest BCUT2D eigenvalue weighted by atomic mass is 10.1. The highest BCUT2D eigenvalue weighted by Gasteiger charge is 2.20. The zero-order valence-electron chi connectivity index (χ0n) is 11.1. The lowest BCUT2D eigenvalue weighted by molar-refractivity contribution is 0.399. The van der Waals surface area contributed by atoms with Gasteiger partial charge in [0.25, 0.3) is 5.78 Å². The van der Waals surface area contributed by atoms with E-state index in [9.17, 15) is 0 Å². The lowest BCUT2D eigenvalue weighted by Gasteiger charge is -2.15. The first-order valence-corrected chi connectivity index (χ1v) is 6.81. The molecule has 102 valence electrons. The first kappa shape index (κ1) is 12.6. The van der Waals surface area contributed by atoms with Crippen molar-refractivity contribution in [3.63, 3.8) is 0 Å². The summed E-state index contributed by atoms with van der Waals surface area (Å²) >= 11 is 6.13. The molecule has 7 heteroatoms. The summed E-state index contributed by atoms with van der Waals surface area (Å²) in [7, 11) is 2.16. The monoisotopic (exact) mass is 280 g/mol. The summed E-state index contributed by atoms with van der Waals surface area (Å²) in [5, 5.41) is 8.13. The molecule has 0 aromatic carbocycles. The maximum atomic E-state index is 6.13. The average Bonchev–Trinajstić information content (AvgIpc) is 2.99. The molecule has 1 fully saturated rings. The molecule has 3 rings (SSSR count). The van der Waals surface area contributed by atoms with E-state index in [1.165, 1.54) is 19.3 Å². The Balaban J connectivity index is 1.83. The van der Waals surface area contributed by atoms with Crippen molar-refractivity contribution in [1.82, 2.24) is 24.5 Å². The molecule has 0 amide bonds. The van der Waals surface area contributed by atoms with Crippen molar-refractivity contribution in [2.24, 2.45) is 5.92 Å². The predicted octanol–water partition coefficient (Wildman–Crippen LogP) is 1.45. The van der Waals surface area contributed by atoms with Gasteiger partial charge in [0.05, 0.1) is 0 Å². The Labute approximate surface area is 116 Å². The Morgan fingerprint density at radius 3 is 3.11 bits per heavy atom. The van der Waals surface area contributed by atoms with Crippen LogP contribution in [0.1, 0.15) is 12.0 Å². The number of fused-ring (bicyclic) bond motifs is 1. The molecule has 1 aliphatic rings. The number of rotatable bonds is 3. The summed E-state index contributed by atoms with van der Waals surface area (Å²) in [5.41, 5.74) is 0.908. The quantitative estimate of drug-likeness (QED) is 0.863. The van der Waals surface area contributed by atoms with Crippen LogP contribution in [-0.2, 0) is 0 Å². The molecule has 1 N–H and O–H groups in total. The summed E-state index contributed by atoms with van der Waals surface area (Å²) in [5.74, 6) is 2.08. The van der Waals surface area contributed by atoms with Crippen LogP contribution < -0.4 is 5.32 Å². The normalized spacial score (nSPS) is 20.3. The Morgan fingerprint density at radius 2 is 2.37 bits per heavy atom. The molecule has 0 radical (unpaired) electrons. The van der Waals surface area contributed by atoms with Crippen molar-refractivity contribution in [3.8, 4) is 0 Å².